The van der Waals surface area contributed by atoms with Gasteiger partial charge < -0.3 is 14.6 Å². The molecule has 0 saturated heterocycles. The molecule has 45 heavy (non-hydrogen) atoms. The lowest BCUT2D eigenvalue weighted by molar-refractivity contribution is -0.141. The van der Waals surface area contributed by atoms with E-state index in [0.717, 1.165) is 25.7 Å². The van der Waals surface area contributed by atoms with Crippen LogP contribution in [0.25, 0.3) is 0 Å². The number of benzene rings is 2. The van der Waals surface area contributed by atoms with Gasteiger partial charge in [0.1, 0.15) is 11.6 Å². The molecule has 0 fully saturated rings. The molecule has 1 aliphatic carbocycles. The van der Waals surface area contributed by atoms with Crippen LogP contribution in [-0.2, 0) is 19.7 Å². The molecule has 0 amide bonds. The standard InChI is InChI=1S/C38H49FO6/c1-5-6-7-8-9-10-11-12-17-35(40)45-31-22-20-29(21-23-31)30-24-25-38(37(42)43,34(39)26-30)33-16-14-13-15-32(33)36(41)44-28(4)19-18-27(2)3/h13-16,20-28,30H,5-12,17-19H2,1-4H3,(H,42,43). The van der Waals surface area contributed by atoms with E-state index in [1.165, 1.54) is 56.4 Å². The van der Waals surface area contributed by atoms with Crippen LogP contribution in [0.2, 0.25) is 0 Å². The van der Waals surface area contributed by atoms with Gasteiger partial charge in [-0.2, -0.15) is 0 Å². The maximum atomic E-state index is 16.0. The Labute approximate surface area is 267 Å². The summed E-state index contributed by atoms with van der Waals surface area (Å²) in [6.45, 7) is 8.17. The van der Waals surface area contributed by atoms with Gasteiger partial charge in [0.05, 0.1) is 11.7 Å². The normalized spacial score (nSPS) is 18.4. The number of allylic oxidation sites excluding steroid dienone is 2. The highest BCUT2D eigenvalue weighted by molar-refractivity contribution is 5.97. The third kappa shape index (κ3) is 10.1. The minimum atomic E-state index is -2.17. The molecular formula is C38H49FO6. The molecule has 0 aliphatic heterocycles. The Hall–Kier alpha value is -3.74. The minimum absolute atomic E-state index is 0.0146. The summed E-state index contributed by atoms with van der Waals surface area (Å²) >= 11 is 0. The summed E-state index contributed by atoms with van der Waals surface area (Å²) in [6.07, 6.45) is 14.9. The predicted molar refractivity (Wildman–Crippen MR) is 175 cm³/mol. The molecule has 0 saturated carbocycles. The van der Waals surface area contributed by atoms with Crippen LogP contribution in [0, 0.1) is 5.92 Å². The monoisotopic (exact) mass is 620 g/mol. The number of carboxylic acid groups (broad SMARTS) is 1. The minimum Gasteiger partial charge on any atom is -0.480 e. The van der Waals surface area contributed by atoms with Gasteiger partial charge in [-0.3, -0.25) is 9.59 Å². The van der Waals surface area contributed by atoms with Crippen molar-refractivity contribution in [1.82, 2.24) is 0 Å². The fourth-order valence-electron chi connectivity index (χ4n) is 5.61. The fourth-order valence-corrected chi connectivity index (χ4v) is 5.61. The van der Waals surface area contributed by atoms with Gasteiger partial charge in [0.15, 0.2) is 5.41 Å². The number of unbranched alkanes of at least 4 members (excludes halogenated alkanes) is 7. The highest BCUT2D eigenvalue weighted by Crippen LogP contribution is 2.43. The van der Waals surface area contributed by atoms with Crippen LogP contribution in [0.1, 0.15) is 126 Å². The highest BCUT2D eigenvalue weighted by atomic mass is 19.1. The zero-order chi connectivity index (χ0) is 32.8. The maximum Gasteiger partial charge on any atom is 0.338 e. The average molecular weight is 621 g/mol. The Balaban J connectivity index is 1.66. The molecule has 244 valence electrons. The predicted octanol–water partition coefficient (Wildman–Crippen LogP) is 9.63. The second-order valence-corrected chi connectivity index (χ2v) is 12.5. The quantitative estimate of drug-likeness (QED) is 0.0772. The molecule has 2 aromatic rings. The molecule has 3 unspecified atom stereocenters. The molecule has 1 N–H and O–H groups in total. The molecule has 7 heteroatoms. The lowest BCUT2D eigenvalue weighted by atomic mass is 9.72. The Bertz CT molecular complexity index is 1330. The van der Waals surface area contributed by atoms with Crippen molar-refractivity contribution < 1.29 is 33.4 Å². The van der Waals surface area contributed by atoms with Crippen molar-refractivity contribution in [3.05, 3.63) is 89.3 Å². The topological polar surface area (TPSA) is 89.9 Å². The van der Waals surface area contributed by atoms with Crippen molar-refractivity contribution in [3.8, 4) is 5.75 Å². The Morgan fingerprint density at radius 3 is 2.16 bits per heavy atom. The summed E-state index contributed by atoms with van der Waals surface area (Å²) in [5.41, 5.74) is -1.44. The lowest BCUT2D eigenvalue weighted by Crippen LogP contribution is -2.38. The van der Waals surface area contributed by atoms with Crippen LogP contribution in [0.15, 0.2) is 72.6 Å². The van der Waals surface area contributed by atoms with Crippen molar-refractivity contribution in [3.63, 3.8) is 0 Å². The summed E-state index contributed by atoms with van der Waals surface area (Å²) in [6, 6.07) is 12.9. The molecule has 3 rings (SSSR count). The summed E-state index contributed by atoms with van der Waals surface area (Å²) < 4.78 is 27.1. The number of carbonyl (C=O) groups is 3. The Morgan fingerprint density at radius 1 is 0.889 bits per heavy atom. The van der Waals surface area contributed by atoms with Gasteiger partial charge in [0.25, 0.3) is 0 Å². The number of ether oxygens (including phenoxy) is 2. The molecular weight excluding hydrogens is 571 g/mol. The van der Waals surface area contributed by atoms with E-state index in [-0.39, 0.29) is 23.2 Å². The molecule has 0 radical (unpaired) electrons. The van der Waals surface area contributed by atoms with Gasteiger partial charge in [0, 0.05) is 12.3 Å². The van der Waals surface area contributed by atoms with Crippen molar-refractivity contribution in [2.75, 3.05) is 0 Å². The average Bonchev–Trinajstić information content (AvgIpc) is 3.01. The first-order valence-corrected chi connectivity index (χ1v) is 16.5. The van der Waals surface area contributed by atoms with Crippen molar-refractivity contribution in [1.29, 1.82) is 0 Å². The van der Waals surface area contributed by atoms with E-state index in [9.17, 15) is 19.5 Å². The second-order valence-electron chi connectivity index (χ2n) is 12.5. The molecule has 3 atom stereocenters. The molecule has 0 spiro atoms. The second kappa shape index (κ2) is 17.7. The molecule has 2 aromatic carbocycles. The first-order valence-electron chi connectivity index (χ1n) is 16.5. The fraction of sp³-hybridized carbons (Fsp3) is 0.500. The third-order valence-electron chi connectivity index (χ3n) is 8.36. The largest absolute Gasteiger partial charge is 0.480 e. The highest BCUT2D eigenvalue weighted by Gasteiger charge is 2.47. The molecule has 0 bridgehead atoms. The number of esters is 2. The van der Waals surface area contributed by atoms with Crippen molar-refractivity contribution >= 4 is 17.9 Å². The smallest absolute Gasteiger partial charge is 0.338 e. The zero-order valence-electron chi connectivity index (χ0n) is 27.2. The van der Waals surface area contributed by atoms with E-state index in [1.54, 1.807) is 49.4 Å². The Kier molecular flexibility index (Phi) is 14.0. The van der Waals surface area contributed by atoms with Crippen LogP contribution in [0.4, 0.5) is 4.39 Å². The van der Waals surface area contributed by atoms with Gasteiger partial charge in [0.2, 0.25) is 0 Å². The van der Waals surface area contributed by atoms with Crippen molar-refractivity contribution in [2.45, 2.75) is 116 Å². The number of aliphatic carboxylic acids is 1. The Morgan fingerprint density at radius 2 is 1.53 bits per heavy atom. The molecule has 0 heterocycles. The third-order valence-corrected chi connectivity index (χ3v) is 8.36. The zero-order valence-corrected chi connectivity index (χ0v) is 27.2. The van der Waals surface area contributed by atoms with Crippen LogP contribution < -0.4 is 4.74 Å². The molecule has 6 nitrogen and oxygen atoms in total. The number of halogens is 1. The summed E-state index contributed by atoms with van der Waals surface area (Å²) in [5, 5.41) is 10.3. The summed E-state index contributed by atoms with van der Waals surface area (Å²) in [5.74, 6) is -2.98. The van der Waals surface area contributed by atoms with E-state index >= 15 is 4.39 Å². The first kappa shape index (κ1) is 35.7. The van der Waals surface area contributed by atoms with E-state index in [2.05, 4.69) is 20.8 Å². The van der Waals surface area contributed by atoms with Gasteiger partial charge in [-0.15, -0.1) is 0 Å². The van der Waals surface area contributed by atoms with Gasteiger partial charge >= 0.3 is 17.9 Å². The van der Waals surface area contributed by atoms with E-state index in [0.29, 0.717) is 30.1 Å². The van der Waals surface area contributed by atoms with Crippen molar-refractivity contribution in [2.24, 2.45) is 5.92 Å². The molecule has 1 aliphatic rings. The van der Waals surface area contributed by atoms with Gasteiger partial charge in [-0.05, 0) is 67.5 Å². The SMILES string of the molecule is CCCCCCCCCCC(=O)Oc1ccc(C2C=CC(C(=O)O)(c3ccccc3C(=O)OC(C)CCC(C)C)C(F)=C2)cc1. The number of carbonyl (C=O) groups excluding carboxylic acids is 2. The van der Waals surface area contributed by atoms with E-state index in [4.69, 9.17) is 9.47 Å². The van der Waals surface area contributed by atoms with Crippen LogP contribution >= 0.6 is 0 Å². The first-order chi connectivity index (χ1) is 21.6. The number of rotatable bonds is 18. The van der Waals surface area contributed by atoms with E-state index in [1.807, 2.05) is 0 Å². The number of carboxylic acids is 1. The lowest BCUT2D eigenvalue weighted by Gasteiger charge is -2.31. The molecule has 0 aromatic heterocycles. The number of hydrogen-bond donors (Lipinski definition) is 1. The summed E-state index contributed by atoms with van der Waals surface area (Å²) in [7, 11) is 0. The van der Waals surface area contributed by atoms with Crippen LogP contribution in [0.5, 0.6) is 5.75 Å². The van der Waals surface area contributed by atoms with E-state index < -0.39 is 29.1 Å². The summed E-state index contributed by atoms with van der Waals surface area (Å²) in [4.78, 5) is 38.1. The van der Waals surface area contributed by atoms with Crippen LogP contribution in [0.3, 0.4) is 0 Å². The van der Waals surface area contributed by atoms with Crippen LogP contribution in [-0.4, -0.2) is 29.1 Å². The van der Waals surface area contributed by atoms with Gasteiger partial charge in [-0.25, -0.2) is 9.18 Å². The van der Waals surface area contributed by atoms with Gasteiger partial charge in [-0.1, -0.05) is 108 Å². The maximum absolute atomic E-state index is 16.0. The number of hydrogen-bond acceptors (Lipinski definition) is 5.